The fourth-order valence-electron chi connectivity index (χ4n) is 4.56. The molecule has 1 saturated heterocycles. The second-order valence-electron chi connectivity index (χ2n) is 9.30. The zero-order chi connectivity index (χ0) is 23.9. The van der Waals surface area contributed by atoms with Crippen LogP contribution in [0.2, 0.25) is 0 Å². The van der Waals surface area contributed by atoms with E-state index in [0.29, 0.717) is 10.9 Å². The van der Waals surface area contributed by atoms with Crippen molar-refractivity contribution in [2.45, 2.75) is 24.8 Å². The maximum Gasteiger partial charge on any atom is 0.175 e. The first-order valence-corrected chi connectivity index (χ1v) is 13.6. The van der Waals surface area contributed by atoms with Gasteiger partial charge < -0.3 is 9.88 Å². The second-order valence-corrected chi connectivity index (χ2v) is 11.3. The van der Waals surface area contributed by atoms with Gasteiger partial charge in [0.05, 0.1) is 10.6 Å². The second kappa shape index (κ2) is 8.89. The maximum absolute atomic E-state index is 11.7. The molecule has 0 aliphatic carbocycles. The summed E-state index contributed by atoms with van der Waals surface area (Å²) < 4.78 is 23.4. The van der Waals surface area contributed by atoms with Crippen molar-refractivity contribution < 1.29 is 8.42 Å². The number of sulfone groups is 1. The van der Waals surface area contributed by atoms with Gasteiger partial charge in [-0.1, -0.05) is 24.3 Å². The Balaban J connectivity index is 1.35. The van der Waals surface area contributed by atoms with Crippen LogP contribution in [0.15, 0.2) is 71.8 Å². The van der Waals surface area contributed by atoms with E-state index in [1.54, 1.807) is 12.1 Å². The zero-order valence-corrected chi connectivity index (χ0v) is 20.6. The van der Waals surface area contributed by atoms with Gasteiger partial charge in [-0.05, 0) is 55.8 Å². The zero-order valence-electron chi connectivity index (χ0n) is 19.8. The van der Waals surface area contributed by atoms with Gasteiger partial charge in [0.1, 0.15) is 0 Å². The largest absolute Gasteiger partial charge is 0.369 e. The molecule has 6 nitrogen and oxygen atoms in total. The third-order valence-electron chi connectivity index (χ3n) is 6.67. The molecule has 5 rings (SSSR count). The van der Waals surface area contributed by atoms with Crippen LogP contribution in [-0.4, -0.2) is 61.8 Å². The van der Waals surface area contributed by atoms with Crippen LogP contribution >= 0.6 is 0 Å². The highest BCUT2D eigenvalue weighted by molar-refractivity contribution is 7.90. The number of nitrogens with zero attached hydrogens (tertiary/aromatic N) is 3. The van der Waals surface area contributed by atoms with Gasteiger partial charge in [0.2, 0.25) is 0 Å². The van der Waals surface area contributed by atoms with E-state index in [4.69, 9.17) is 0 Å². The Morgan fingerprint density at radius 2 is 1.53 bits per heavy atom. The maximum atomic E-state index is 11.7. The minimum absolute atomic E-state index is 0.321. The van der Waals surface area contributed by atoms with Gasteiger partial charge in [-0.15, -0.1) is 0 Å². The molecule has 0 bridgehead atoms. The fourth-order valence-corrected chi connectivity index (χ4v) is 5.19. The molecule has 0 unspecified atom stereocenters. The van der Waals surface area contributed by atoms with Crippen LogP contribution in [0.4, 0.5) is 5.69 Å². The van der Waals surface area contributed by atoms with Crippen LogP contribution in [0.5, 0.6) is 0 Å². The number of hydrogen-bond donors (Lipinski definition) is 1. The lowest BCUT2D eigenvalue weighted by atomic mass is 10.1. The number of hydrogen-bond acceptors (Lipinski definition) is 5. The summed E-state index contributed by atoms with van der Waals surface area (Å²) in [5, 5.41) is 1.02. The van der Waals surface area contributed by atoms with Gasteiger partial charge in [-0.3, -0.25) is 9.88 Å². The van der Waals surface area contributed by atoms with Crippen molar-refractivity contribution in [3.05, 3.63) is 66.9 Å². The van der Waals surface area contributed by atoms with E-state index in [2.05, 4.69) is 63.9 Å². The summed E-state index contributed by atoms with van der Waals surface area (Å²) in [6, 6.07) is 20.3. The highest BCUT2D eigenvalue weighted by Gasteiger charge is 2.19. The Morgan fingerprint density at radius 3 is 2.15 bits per heavy atom. The first kappa shape index (κ1) is 22.6. The number of nitrogens with one attached hydrogen (secondary N) is 1. The van der Waals surface area contributed by atoms with E-state index >= 15 is 0 Å². The smallest absolute Gasteiger partial charge is 0.175 e. The third-order valence-corrected chi connectivity index (χ3v) is 7.80. The Kier molecular flexibility index (Phi) is 5.91. The molecule has 0 atom stereocenters. The molecular weight excluding hydrogens is 444 g/mol. The van der Waals surface area contributed by atoms with Crippen molar-refractivity contribution in [1.82, 2.24) is 14.9 Å². The number of fused-ring (bicyclic) bond motifs is 1. The number of piperazine rings is 1. The molecule has 1 aliphatic rings. The molecule has 4 aromatic rings. The first-order valence-electron chi connectivity index (χ1n) is 11.7. The van der Waals surface area contributed by atoms with Gasteiger partial charge in [-0.2, -0.15) is 0 Å². The Morgan fingerprint density at radius 1 is 0.882 bits per heavy atom. The molecule has 0 radical (unpaired) electrons. The van der Waals surface area contributed by atoms with Crippen molar-refractivity contribution in [2.75, 3.05) is 37.3 Å². The lowest BCUT2D eigenvalue weighted by molar-refractivity contribution is 0.209. The summed E-state index contributed by atoms with van der Waals surface area (Å²) in [6.45, 7) is 8.83. The van der Waals surface area contributed by atoms with Crippen LogP contribution in [-0.2, 0) is 9.84 Å². The van der Waals surface area contributed by atoms with Crippen LogP contribution in [0, 0.1) is 0 Å². The molecule has 34 heavy (non-hydrogen) atoms. The topological polar surface area (TPSA) is 69.3 Å². The fraction of sp³-hybridized carbons (Fsp3) is 0.296. The normalized spacial score (nSPS) is 15.4. The van der Waals surface area contributed by atoms with Crippen molar-refractivity contribution in [2.24, 2.45) is 0 Å². The van der Waals surface area contributed by atoms with Crippen molar-refractivity contribution in [1.29, 1.82) is 0 Å². The number of anilines is 1. The summed E-state index contributed by atoms with van der Waals surface area (Å²) >= 11 is 0. The molecular formula is C27H30N4O2S. The number of aromatic amines is 1. The number of pyridine rings is 1. The van der Waals surface area contributed by atoms with Gasteiger partial charge in [-0.25, -0.2) is 8.42 Å². The van der Waals surface area contributed by atoms with E-state index in [0.717, 1.165) is 59.6 Å². The van der Waals surface area contributed by atoms with Crippen LogP contribution < -0.4 is 4.90 Å². The Bertz CT molecular complexity index is 1400. The predicted molar refractivity (Wildman–Crippen MR) is 139 cm³/mol. The van der Waals surface area contributed by atoms with E-state index in [-0.39, 0.29) is 0 Å². The summed E-state index contributed by atoms with van der Waals surface area (Å²) in [6.07, 6.45) is 3.10. The first-order chi connectivity index (χ1) is 16.3. The molecule has 0 spiro atoms. The summed E-state index contributed by atoms with van der Waals surface area (Å²) in [5.41, 5.74) is 6.13. The molecule has 2 aromatic heterocycles. The number of rotatable bonds is 5. The lowest BCUT2D eigenvalue weighted by Crippen LogP contribution is -2.48. The summed E-state index contributed by atoms with van der Waals surface area (Å²) in [7, 11) is -3.20. The molecule has 0 saturated carbocycles. The van der Waals surface area contributed by atoms with Crippen LogP contribution in [0.1, 0.15) is 13.8 Å². The van der Waals surface area contributed by atoms with E-state index < -0.39 is 9.84 Å². The van der Waals surface area contributed by atoms with E-state index in [1.807, 2.05) is 24.4 Å². The number of H-pyrrole nitrogens is 1. The van der Waals surface area contributed by atoms with Gasteiger partial charge in [0.25, 0.3) is 0 Å². The van der Waals surface area contributed by atoms with Gasteiger partial charge in [0, 0.05) is 72.5 Å². The minimum atomic E-state index is -3.20. The van der Waals surface area contributed by atoms with E-state index in [9.17, 15) is 8.42 Å². The average Bonchev–Trinajstić information content (AvgIpc) is 3.27. The van der Waals surface area contributed by atoms with Crippen molar-refractivity contribution >= 4 is 26.4 Å². The molecule has 2 aromatic carbocycles. The SMILES string of the molecule is CC(C)N1CCN(c2ccc(-c3cc4[nH]c(-c5ccc(S(C)(=O)=O)cc5)cc4cn3)cc2)CC1. The highest BCUT2D eigenvalue weighted by atomic mass is 32.2. The van der Waals surface area contributed by atoms with Crippen LogP contribution in [0.25, 0.3) is 33.4 Å². The summed E-state index contributed by atoms with van der Waals surface area (Å²) in [4.78, 5) is 13.4. The number of benzene rings is 2. The van der Waals surface area contributed by atoms with E-state index in [1.165, 1.54) is 11.9 Å². The van der Waals surface area contributed by atoms with Crippen molar-refractivity contribution in [3.8, 4) is 22.5 Å². The Hall–Kier alpha value is -3.16. The average molecular weight is 475 g/mol. The highest BCUT2D eigenvalue weighted by Crippen LogP contribution is 2.29. The molecule has 3 heterocycles. The predicted octanol–water partition coefficient (Wildman–Crippen LogP) is 4.83. The molecule has 0 amide bonds. The molecule has 1 fully saturated rings. The molecule has 1 aliphatic heterocycles. The molecule has 176 valence electrons. The van der Waals surface area contributed by atoms with Crippen LogP contribution in [0.3, 0.4) is 0 Å². The van der Waals surface area contributed by atoms with Gasteiger partial charge >= 0.3 is 0 Å². The monoisotopic (exact) mass is 474 g/mol. The molecule has 1 N–H and O–H groups in total. The molecule has 7 heteroatoms. The van der Waals surface area contributed by atoms with Gasteiger partial charge in [0.15, 0.2) is 9.84 Å². The standard InChI is InChI=1S/C27H30N4O2S/c1-19(2)30-12-14-31(15-13-30)23-8-4-20(5-9-23)25-17-27-22(18-28-25)16-26(29-27)21-6-10-24(11-7-21)34(3,32)33/h4-11,16-19,29H,12-15H2,1-3H3. The minimum Gasteiger partial charge on any atom is -0.369 e. The van der Waals surface area contributed by atoms with Crippen molar-refractivity contribution in [3.63, 3.8) is 0 Å². The number of aromatic nitrogens is 2. The lowest BCUT2D eigenvalue weighted by Gasteiger charge is -2.38. The quantitative estimate of drug-likeness (QED) is 0.449. The third kappa shape index (κ3) is 4.58. The Labute approximate surface area is 201 Å². The summed E-state index contributed by atoms with van der Waals surface area (Å²) in [5.74, 6) is 0.